The maximum absolute atomic E-state index is 13.8. The fourth-order valence-corrected chi connectivity index (χ4v) is 2.73. The van der Waals surface area contributed by atoms with Gasteiger partial charge in [0, 0.05) is 17.5 Å². The number of fused-ring (bicyclic) bond motifs is 1. The zero-order valence-corrected chi connectivity index (χ0v) is 15.2. The highest BCUT2D eigenvalue weighted by atomic mass is 32.1. The molecule has 0 aromatic heterocycles. The van der Waals surface area contributed by atoms with Gasteiger partial charge < -0.3 is 10.1 Å². The lowest BCUT2D eigenvalue weighted by Gasteiger charge is -2.12. The summed E-state index contributed by atoms with van der Waals surface area (Å²) in [7, 11) is 0. The molecular formula is C19H14FN3O4S. The van der Waals surface area contributed by atoms with Crippen LogP contribution in [0.15, 0.2) is 60.7 Å². The van der Waals surface area contributed by atoms with Crippen LogP contribution in [0.4, 0.5) is 15.8 Å². The molecule has 0 unspecified atom stereocenters. The molecule has 3 aromatic carbocycles. The summed E-state index contributed by atoms with van der Waals surface area (Å²) >= 11 is 4.95. The molecule has 0 saturated heterocycles. The van der Waals surface area contributed by atoms with Gasteiger partial charge in [-0.05, 0) is 29.7 Å². The highest BCUT2D eigenvalue weighted by molar-refractivity contribution is 7.80. The fourth-order valence-electron chi connectivity index (χ4n) is 2.50. The number of halogens is 1. The number of amides is 1. The zero-order chi connectivity index (χ0) is 20.1. The van der Waals surface area contributed by atoms with Crippen LogP contribution in [-0.4, -0.2) is 22.5 Å². The number of nitrogens with one attached hydrogen (secondary N) is 2. The van der Waals surface area contributed by atoms with Crippen LogP contribution in [0.25, 0.3) is 10.8 Å². The molecule has 0 aliphatic heterocycles. The molecule has 142 valence electrons. The van der Waals surface area contributed by atoms with Gasteiger partial charge in [0.15, 0.2) is 11.7 Å². The number of carbonyl (C=O) groups is 1. The van der Waals surface area contributed by atoms with Crippen LogP contribution in [0.1, 0.15) is 0 Å². The Balaban J connectivity index is 1.60. The van der Waals surface area contributed by atoms with Crippen LogP contribution in [0.5, 0.6) is 5.75 Å². The number of benzene rings is 3. The molecule has 2 N–H and O–H groups in total. The first-order valence-electron chi connectivity index (χ1n) is 8.09. The fraction of sp³-hybridized carbons (Fsp3) is 0.0526. The van der Waals surface area contributed by atoms with Crippen molar-refractivity contribution in [2.24, 2.45) is 0 Å². The molecule has 0 heterocycles. The number of hydrogen-bond acceptors (Lipinski definition) is 5. The second-order valence-electron chi connectivity index (χ2n) is 5.69. The smallest absolute Gasteiger partial charge is 0.271 e. The standard InChI is InChI=1S/C19H14FN3O4S/c20-15-9-8-13(23(25)26)10-16(15)21-19(28)22-18(24)11-27-17-7-3-5-12-4-1-2-6-14(12)17/h1-10H,11H2,(H2,21,22,24,28). The van der Waals surface area contributed by atoms with E-state index in [0.717, 1.165) is 29.0 Å². The Bertz CT molecular complexity index is 1070. The van der Waals surface area contributed by atoms with Crippen molar-refractivity contribution in [3.63, 3.8) is 0 Å². The average Bonchev–Trinajstić information content (AvgIpc) is 2.67. The monoisotopic (exact) mass is 399 g/mol. The molecule has 0 atom stereocenters. The molecular weight excluding hydrogens is 385 g/mol. The van der Waals surface area contributed by atoms with Gasteiger partial charge in [0.25, 0.3) is 11.6 Å². The molecule has 1 amide bonds. The van der Waals surface area contributed by atoms with Gasteiger partial charge in [0.05, 0.1) is 10.6 Å². The summed E-state index contributed by atoms with van der Waals surface area (Å²) in [6.45, 7) is -0.312. The number of nitrogens with zero attached hydrogens (tertiary/aromatic N) is 1. The van der Waals surface area contributed by atoms with E-state index in [2.05, 4.69) is 10.6 Å². The summed E-state index contributed by atoms with van der Waals surface area (Å²) in [6, 6.07) is 16.0. The van der Waals surface area contributed by atoms with Gasteiger partial charge in [-0.3, -0.25) is 20.2 Å². The maximum Gasteiger partial charge on any atom is 0.271 e. The summed E-state index contributed by atoms with van der Waals surface area (Å²) in [5.74, 6) is -0.762. The number of non-ortho nitro benzene ring substituents is 1. The van der Waals surface area contributed by atoms with E-state index in [1.807, 2.05) is 36.4 Å². The zero-order valence-electron chi connectivity index (χ0n) is 14.3. The Morgan fingerprint density at radius 3 is 2.68 bits per heavy atom. The van der Waals surface area contributed by atoms with Crippen molar-refractivity contribution in [2.75, 3.05) is 11.9 Å². The van der Waals surface area contributed by atoms with E-state index in [1.165, 1.54) is 0 Å². The number of carbonyl (C=O) groups excluding carboxylic acids is 1. The SMILES string of the molecule is O=C(COc1cccc2ccccc12)NC(=S)Nc1cc([N+](=O)[O-])ccc1F. The minimum atomic E-state index is -0.741. The van der Waals surface area contributed by atoms with Crippen molar-refractivity contribution in [3.05, 3.63) is 76.6 Å². The number of ether oxygens (including phenoxy) is 1. The van der Waals surface area contributed by atoms with E-state index < -0.39 is 16.6 Å². The van der Waals surface area contributed by atoms with E-state index >= 15 is 0 Å². The highest BCUT2D eigenvalue weighted by Crippen LogP contribution is 2.25. The van der Waals surface area contributed by atoms with Gasteiger partial charge >= 0.3 is 0 Å². The van der Waals surface area contributed by atoms with Gasteiger partial charge in [0.2, 0.25) is 0 Å². The topological polar surface area (TPSA) is 93.5 Å². The number of nitro benzene ring substituents is 1. The lowest BCUT2D eigenvalue weighted by molar-refractivity contribution is -0.384. The van der Waals surface area contributed by atoms with Crippen molar-refractivity contribution in [1.82, 2.24) is 5.32 Å². The second kappa shape index (κ2) is 8.40. The minimum absolute atomic E-state index is 0.203. The number of anilines is 1. The molecule has 3 rings (SSSR count). The Kier molecular flexibility index (Phi) is 5.75. The van der Waals surface area contributed by atoms with Gasteiger partial charge in [-0.1, -0.05) is 36.4 Å². The summed E-state index contributed by atoms with van der Waals surface area (Å²) in [5.41, 5.74) is -0.521. The van der Waals surface area contributed by atoms with Crippen LogP contribution in [0, 0.1) is 15.9 Å². The number of nitro groups is 1. The average molecular weight is 399 g/mol. The van der Waals surface area contributed by atoms with Gasteiger partial charge in [-0.25, -0.2) is 4.39 Å². The quantitative estimate of drug-likeness (QED) is 0.385. The molecule has 7 nitrogen and oxygen atoms in total. The number of rotatable bonds is 5. The van der Waals surface area contributed by atoms with Gasteiger partial charge in [-0.2, -0.15) is 0 Å². The molecule has 0 fully saturated rings. The molecule has 0 saturated carbocycles. The third-order valence-electron chi connectivity index (χ3n) is 3.77. The summed E-state index contributed by atoms with van der Waals surface area (Å²) in [6.07, 6.45) is 0. The van der Waals surface area contributed by atoms with Crippen molar-refractivity contribution in [2.45, 2.75) is 0 Å². The Morgan fingerprint density at radius 2 is 1.89 bits per heavy atom. The Labute approximate surface area is 164 Å². The van der Waals surface area contributed by atoms with Crippen LogP contribution in [0.2, 0.25) is 0 Å². The van der Waals surface area contributed by atoms with E-state index in [9.17, 15) is 19.3 Å². The predicted molar refractivity (Wildman–Crippen MR) is 107 cm³/mol. The first-order valence-corrected chi connectivity index (χ1v) is 8.50. The Hall–Kier alpha value is -3.59. The van der Waals surface area contributed by atoms with Crippen LogP contribution >= 0.6 is 12.2 Å². The first-order chi connectivity index (χ1) is 13.4. The molecule has 0 radical (unpaired) electrons. The number of hydrogen-bond donors (Lipinski definition) is 2. The van der Waals surface area contributed by atoms with Crippen molar-refractivity contribution in [1.29, 1.82) is 0 Å². The molecule has 9 heteroatoms. The molecule has 0 bridgehead atoms. The van der Waals surface area contributed by atoms with E-state index in [-0.39, 0.29) is 23.1 Å². The summed E-state index contributed by atoms with van der Waals surface area (Å²) in [4.78, 5) is 22.2. The van der Waals surface area contributed by atoms with Crippen molar-refractivity contribution < 1.29 is 18.8 Å². The minimum Gasteiger partial charge on any atom is -0.483 e. The lowest BCUT2D eigenvalue weighted by atomic mass is 10.1. The van der Waals surface area contributed by atoms with Crippen LogP contribution in [-0.2, 0) is 4.79 Å². The van der Waals surface area contributed by atoms with Crippen LogP contribution in [0.3, 0.4) is 0 Å². The molecule has 0 aliphatic carbocycles. The molecule has 0 aliphatic rings. The van der Waals surface area contributed by atoms with E-state index in [0.29, 0.717) is 5.75 Å². The second-order valence-corrected chi connectivity index (χ2v) is 6.10. The van der Waals surface area contributed by atoms with Crippen molar-refractivity contribution >= 4 is 45.4 Å². The molecule has 3 aromatic rings. The third-order valence-corrected chi connectivity index (χ3v) is 3.97. The summed E-state index contributed by atoms with van der Waals surface area (Å²) < 4.78 is 19.3. The lowest BCUT2D eigenvalue weighted by Crippen LogP contribution is -2.37. The van der Waals surface area contributed by atoms with Crippen LogP contribution < -0.4 is 15.4 Å². The maximum atomic E-state index is 13.8. The highest BCUT2D eigenvalue weighted by Gasteiger charge is 2.13. The first kappa shape index (κ1) is 19.2. The van der Waals surface area contributed by atoms with E-state index in [1.54, 1.807) is 6.07 Å². The predicted octanol–water partition coefficient (Wildman–Crippen LogP) is 3.78. The van der Waals surface area contributed by atoms with E-state index in [4.69, 9.17) is 17.0 Å². The van der Waals surface area contributed by atoms with Gasteiger partial charge in [-0.15, -0.1) is 0 Å². The largest absolute Gasteiger partial charge is 0.483 e. The third kappa shape index (κ3) is 4.57. The molecule has 28 heavy (non-hydrogen) atoms. The molecule has 0 spiro atoms. The van der Waals surface area contributed by atoms with Crippen molar-refractivity contribution in [3.8, 4) is 5.75 Å². The van der Waals surface area contributed by atoms with Gasteiger partial charge in [0.1, 0.15) is 11.6 Å². The summed E-state index contributed by atoms with van der Waals surface area (Å²) in [5, 5.41) is 17.2. The number of thiocarbonyl (C=S) groups is 1. The normalized spacial score (nSPS) is 10.3. The Morgan fingerprint density at radius 1 is 1.14 bits per heavy atom.